The van der Waals surface area contributed by atoms with E-state index in [2.05, 4.69) is 4.98 Å². The molecule has 174 valence electrons. The summed E-state index contributed by atoms with van der Waals surface area (Å²) in [6.07, 6.45) is 1.59. The Morgan fingerprint density at radius 3 is 2.74 bits per heavy atom. The number of ether oxygens (including phenoxy) is 2. The number of benzene rings is 3. The lowest BCUT2D eigenvalue weighted by Gasteiger charge is -2.20. The minimum Gasteiger partial charge on any atom is -0.492 e. The molecule has 5 rings (SSSR count). The first-order valence-electron chi connectivity index (χ1n) is 10.9. The normalized spacial score (nSPS) is 14.4. The van der Waals surface area contributed by atoms with Crippen molar-refractivity contribution in [3.8, 4) is 5.75 Å². The summed E-state index contributed by atoms with van der Waals surface area (Å²) in [5.74, 6) is 0.341. The molecule has 0 bridgehead atoms. The zero-order valence-electron chi connectivity index (χ0n) is 18.4. The molecule has 3 aromatic carbocycles. The molecule has 1 aromatic heterocycles. The molecular weight excluding hydrogens is 455 g/mol. The van der Waals surface area contributed by atoms with Crippen LogP contribution in [-0.2, 0) is 34.5 Å². The van der Waals surface area contributed by atoms with Gasteiger partial charge in [-0.15, -0.1) is 0 Å². The monoisotopic (exact) mass is 478 g/mol. The van der Waals surface area contributed by atoms with Crippen LogP contribution in [0.4, 0.5) is 4.39 Å². The quantitative estimate of drug-likeness (QED) is 0.403. The number of nitrogens with zero attached hydrogens (tertiary/aromatic N) is 2. The molecule has 0 amide bonds. The summed E-state index contributed by atoms with van der Waals surface area (Å²) < 4.78 is 53.9. The standard InChI is InChI=1S/C26H23FN2O4S/c27-23-8-2-1-5-21(23)18-32-17-19-10-11-24-22(15-19)16-29(13-14-33-24)34(30,31)25-9-3-6-20-7-4-12-28-26(20)25/h1-12,15H,13-14,16-18H2. The summed E-state index contributed by atoms with van der Waals surface area (Å²) in [4.78, 5) is 4.49. The molecule has 4 aromatic rings. The first-order chi connectivity index (χ1) is 16.5. The average Bonchev–Trinajstić information content (AvgIpc) is 3.07. The van der Waals surface area contributed by atoms with Gasteiger partial charge in [0, 0.05) is 35.8 Å². The van der Waals surface area contributed by atoms with E-state index >= 15 is 0 Å². The Hall–Kier alpha value is -3.33. The minimum atomic E-state index is -3.81. The van der Waals surface area contributed by atoms with Crippen molar-refractivity contribution >= 4 is 20.9 Å². The minimum absolute atomic E-state index is 0.148. The van der Waals surface area contributed by atoms with Gasteiger partial charge in [0.05, 0.1) is 18.7 Å². The van der Waals surface area contributed by atoms with E-state index in [0.29, 0.717) is 16.8 Å². The van der Waals surface area contributed by atoms with Gasteiger partial charge in [-0.25, -0.2) is 12.8 Å². The third kappa shape index (κ3) is 4.52. The molecule has 34 heavy (non-hydrogen) atoms. The highest BCUT2D eigenvalue weighted by Crippen LogP contribution is 2.30. The van der Waals surface area contributed by atoms with E-state index < -0.39 is 10.0 Å². The van der Waals surface area contributed by atoms with Gasteiger partial charge in [-0.05, 0) is 35.9 Å². The van der Waals surface area contributed by atoms with Crippen LogP contribution in [-0.4, -0.2) is 30.9 Å². The van der Waals surface area contributed by atoms with Gasteiger partial charge in [-0.3, -0.25) is 4.98 Å². The molecule has 0 spiro atoms. The summed E-state index contributed by atoms with van der Waals surface area (Å²) in [6, 6.07) is 20.9. The third-order valence-electron chi connectivity index (χ3n) is 5.77. The largest absolute Gasteiger partial charge is 0.492 e. The first kappa shape index (κ1) is 22.5. The molecule has 8 heteroatoms. The van der Waals surface area contributed by atoms with Crippen molar-refractivity contribution < 1.29 is 22.3 Å². The van der Waals surface area contributed by atoms with Crippen LogP contribution in [0.2, 0.25) is 0 Å². The predicted molar refractivity (Wildman–Crippen MR) is 126 cm³/mol. The van der Waals surface area contributed by atoms with E-state index in [1.54, 1.807) is 42.6 Å². The SMILES string of the molecule is O=S(=O)(c1cccc2cccnc12)N1CCOc2ccc(COCc3ccccc3F)cc2C1. The van der Waals surface area contributed by atoms with Crippen LogP contribution in [0, 0.1) is 5.82 Å². The molecular formula is C26H23FN2O4S. The molecule has 1 aliphatic heterocycles. The number of aromatic nitrogens is 1. The van der Waals surface area contributed by atoms with Gasteiger partial charge in [0.15, 0.2) is 0 Å². The summed E-state index contributed by atoms with van der Waals surface area (Å²) in [6.45, 7) is 1.05. The highest BCUT2D eigenvalue weighted by Gasteiger charge is 2.29. The number of hydrogen-bond acceptors (Lipinski definition) is 5. The van der Waals surface area contributed by atoms with Crippen LogP contribution in [0.1, 0.15) is 16.7 Å². The van der Waals surface area contributed by atoms with Crippen LogP contribution in [0.3, 0.4) is 0 Å². The number of para-hydroxylation sites is 1. The van der Waals surface area contributed by atoms with Crippen molar-refractivity contribution in [3.05, 3.63) is 102 Å². The molecule has 0 aliphatic carbocycles. The number of pyridine rings is 1. The Morgan fingerprint density at radius 2 is 1.85 bits per heavy atom. The Balaban J connectivity index is 1.37. The van der Waals surface area contributed by atoms with Crippen molar-refractivity contribution in [3.63, 3.8) is 0 Å². The lowest BCUT2D eigenvalue weighted by Crippen LogP contribution is -2.32. The van der Waals surface area contributed by atoms with Gasteiger partial charge in [0.25, 0.3) is 0 Å². The molecule has 6 nitrogen and oxygen atoms in total. The van der Waals surface area contributed by atoms with Crippen molar-refractivity contribution in [2.75, 3.05) is 13.2 Å². The van der Waals surface area contributed by atoms with Gasteiger partial charge >= 0.3 is 0 Å². The Bertz CT molecular complexity index is 1440. The Labute approximate surface area is 197 Å². The van der Waals surface area contributed by atoms with Gasteiger partial charge < -0.3 is 9.47 Å². The maximum absolute atomic E-state index is 13.8. The van der Waals surface area contributed by atoms with Crippen LogP contribution in [0.25, 0.3) is 10.9 Å². The van der Waals surface area contributed by atoms with Crippen molar-refractivity contribution in [2.45, 2.75) is 24.7 Å². The number of hydrogen-bond donors (Lipinski definition) is 0. The molecule has 0 saturated heterocycles. The van der Waals surface area contributed by atoms with E-state index in [4.69, 9.17) is 9.47 Å². The topological polar surface area (TPSA) is 68.7 Å². The third-order valence-corrected chi connectivity index (χ3v) is 7.64. The van der Waals surface area contributed by atoms with Crippen LogP contribution < -0.4 is 4.74 Å². The molecule has 2 heterocycles. The second-order valence-corrected chi connectivity index (χ2v) is 9.95. The zero-order valence-corrected chi connectivity index (χ0v) is 19.2. The molecule has 0 radical (unpaired) electrons. The molecule has 0 fully saturated rings. The Kier molecular flexibility index (Phi) is 6.28. The van der Waals surface area contributed by atoms with E-state index in [0.717, 1.165) is 16.5 Å². The molecule has 0 saturated carbocycles. The second kappa shape index (κ2) is 9.50. The fourth-order valence-corrected chi connectivity index (χ4v) is 5.60. The van der Waals surface area contributed by atoms with Crippen LogP contribution in [0.5, 0.6) is 5.75 Å². The summed E-state index contributed by atoms with van der Waals surface area (Å²) >= 11 is 0. The molecule has 0 atom stereocenters. The fourth-order valence-electron chi connectivity index (χ4n) is 4.04. The second-order valence-electron chi connectivity index (χ2n) is 8.04. The van der Waals surface area contributed by atoms with Crippen molar-refractivity contribution in [1.82, 2.24) is 9.29 Å². The number of rotatable bonds is 6. The van der Waals surface area contributed by atoms with E-state index in [9.17, 15) is 12.8 Å². The number of fused-ring (bicyclic) bond motifs is 2. The highest BCUT2D eigenvalue weighted by molar-refractivity contribution is 7.89. The predicted octanol–water partition coefficient (Wildman–Crippen LogP) is 4.67. The highest BCUT2D eigenvalue weighted by atomic mass is 32.2. The van der Waals surface area contributed by atoms with Crippen molar-refractivity contribution in [2.24, 2.45) is 0 Å². The van der Waals surface area contributed by atoms with Crippen LogP contribution >= 0.6 is 0 Å². The summed E-state index contributed by atoms with van der Waals surface area (Å²) in [5, 5.41) is 0.768. The summed E-state index contributed by atoms with van der Waals surface area (Å²) in [5.41, 5.74) is 2.54. The molecule has 0 unspecified atom stereocenters. The van der Waals surface area contributed by atoms with E-state index in [-0.39, 0.29) is 43.6 Å². The Morgan fingerprint density at radius 1 is 1.00 bits per heavy atom. The van der Waals surface area contributed by atoms with Gasteiger partial charge in [0.2, 0.25) is 10.0 Å². The van der Waals surface area contributed by atoms with Gasteiger partial charge in [-0.1, -0.05) is 42.5 Å². The van der Waals surface area contributed by atoms with Crippen molar-refractivity contribution in [1.29, 1.82) is 0 Å². The van der Waals surface area contributed by atoms with Gasteiger partial charge in [-0.2, -0.15) is 4.31 Å². The first-order valence-corrected chi connectivity index (χ1v) is 12.4. The zero-order chi connectivity index (χ0) is 23.5. The lowest BCUT2D eigenvalue weighted by atomic mass is 10.1. The summed E-state index contributed by atoms with van der Waals surface area (Å²) in [7, 11) is -3.81. The molecule has 1 aliphatic rings. The van der Waals surface area contributed by atoms with E-state index in [1.165, 1.54) is 10.4 Å². The maximum Gasteiger partial charge on any atom is 0.245 e. The maximum atomic E-state index is 13.8. The lowest BCUT2D eigenvalue weighted by molar-refractivity contribution is 0.105. The molecule has 0 N–H and O–H groups in total. The fraction of sp³-hybridized carbons (Fsp3) is 0.192. The average molecular weight is 479 g/mol. The number of halogens is 1. The van der Waals surface area contributed by atoms with Gasteiger partial charge in [0.1, 0.15) is 23.1 Å². The van der Waals surface area contributed by atoms with E-state index in [1.807, 2.05) is 30.3 Å². The smallest absolute Gasteiger partial charge is 0.245 e. The number of sulfonamides is 1. The van der Waals surface area contributed by atoms with Crippen LogP contribution in [0.15, 0.2) is 83.9 Å².